The molecule has 0 bridgehead atoms. The van der Waals surface area contributed by atoms with Crippen LogP contribution in [0.25, 0.3) is 0 Å². The van der Waals surface area contributed by atoms with Crippen molar-refractivity contribution in [2.24, 2.45) is 5.92 Å². The summed E-state index contributed by atoms with van der Waals surface area (Å²) in [6.07, 6.45) is 3.38. The first kappa shape index (κ1) is 15.7. The van der Waals surface area contributed by atoms with Gasteiger partial charge in [-0.2, -0.15) is 4.89 Å². The molecular weight excluding hydrogens is 231 g/mol. The van der Waals surface area contributed by atoms with Crippen LogP contribution in [0, 0.1) is 18.2 Å². The van der Waals surface area contributed by atoms with Crippen molar-refractivity contribution in [1.82, 2.24) is 0 Å². The summed E-state index contributed by atoms with van der Waals surface area (Å²) in [5, 5.41) is 0. The van der Waals surface area contributed by atoms with Gasteiger partial charge in [-0.25, -0.2) is 0 Å². The zero-order valence-corrected chi connectivity index (χ0v) is 10.0. The molecule has 5 nitrogen and oxygen atoms in total. The maximum atomic E-state index is 11.2. The smallest absolute Gasteiger partial charge is 0.308 e. The van der Waals surface area contributed by atoms with Crippen molar-refractivity contribution in [1.29, 1.82) is 0 Å². The largest absolute Gasteiger partial charge is 0.463 e. The molecule has 0 aliphatic carbocycles. The maximum Gasteiger partial charge on any atom is 0.308 e. The van der Waals surface area contributed by atoms with Crippen LogP contribution in [0.4, 0.5) is 4.39 Å². The van der Waals surface area contributed by atoms with E-state index in [-0.39, 0.29) is 38.3 Å². The third kappa shape index (κ3) is 9.60. The van der Waals surface area contributed by atoms with Gasteiger partial charge in [0, 0.05) is 0 Å². The Hall–Kier alpha value is -1.32. The molecule has 0 saturated carbocycles. The lowest BCUT2D eigenvalue weighted by atomic mass is 10.1. The van der Waals surface area contributed by atoms with E-state index in [2.05, 4.69) is 9.78 Å². The molecule has 98 valence electrons. The van der Waals surface area contributed by atoms with E-state index in [1.165, 1.54) is 0 Å². The van der Waals surface area contributed by atoms with Gasteiger partial charge in [0.05, 0.1) is 19.1 Å². The van der Waals surface area contributed by atoms with Crippen LogP contribution in [0.1, 0.15) is 20.3 Å². The average molecular weight is 248 g/mol. The number of carbonyl (C=O) groups is 1. The van der Waals surface area contributed by atoms with Gasteiger partial charge in [0.1, 0.15) is 13.2 Å². The molecule has 1 unspecified atom stereocenters. The first-order valence-electron chi connectivity index (χ1n) is 5.35. The molecule has 17 heavy (non-hydrogen) atoms. The van der Waals surface area contributed by atoms with Crippen molar-refractivity contribution >= 4 is 5.97 Å². The van der Waals surface area contributed by atoms with Crippen LogP contribution in [0.3, 0.4) is 0 Å². The Kier molecular flexibility index (Phi) is 10.3. The summed E-state index contributed by atoms with van der Waals surface area (Å²) < 4.78 is 21.2. The maximum absolute atomic E-state index is 11.2. The molecule has 0 spiro atoms. The molecule has 0 N–H and O–H groups in total. The van der Waals surface area contributed by atoms with Crippen LogP contribution in [-0.4, -0.2) is 32.4 Å². The van der Waals surface area contributed by atoms with Crippen molar-refractivity contribution in [3.05, 3.63) is 0 Å². The quantitative estimate of drug-likeness (QED) is 0.203. The summed E-state index contributed by atoms with van der Waals surface area (Å²) in [4.78, 5) is 19.7. The molecule has 0 aromatic carbocycles. The fraction of sp³-hybridized carbons (Fsp3) is 0.727. The molecule has 0 rings (SSSR count). The fourth-order valence-electron chi connectivity index (χ4n) is 0.792. The molecule has 0 amide bonds. The summed E-state index contributed by atoms with van der Waals surface area (Å²) in [6, 6.07) is 0. The molecule has 1 atom stereocenters. The van der Waals surface area contributed by atoms with Gasteiger partial charge in [0.15, 0.2) is 12.3 Å². The third-order valence-corrected chi connectivity index (χ3v) is 1.94. The molecule has 0 radical (unpaired) electrons. The number of carbonyl (C=O) groups excluding carboxylic acids is 1. The monoisotopic (exact) mass is 248 g/mol. The van der Waals surface area contributed by atoms with E-state index in [4.69, 9.17) is 9.47 Å². The molecule has 0 aromatic rings. The SMILES string of the molecule is CCC(C)C(=O)OCCOCCOOC#CF. The minimum atomic E-state index is -0.228. The first-order valence-corrected chi connectivity index (χ1v) is 5.35. The molecule has 0 aliphatic heterocycles. The highest BCUT2D eigenvalue weighted by molar-refractivity contribution is 5.71. The van der Waals surface area contributed by atoms with Gasteiger partial charge in [-0.3, -0.25) is 9.68 Å². The Balaban J connectivity index is 3.23. The highest BCUT2D eigenvalue weighted by atomic mass is 19.1. The highest BCUT2D eigenvalue weighted by Gasteiger charge is 2.10. The standard InChI is InChI=1S/C11H17FO5/c1-3-10(2)11(13)15-8-6-14-7-9-17-16-5-4-12/h10H,3,6-9H2,1-2H3. The molecular formula is C11H17FO5. The topological polar surface area (TPSA) is 54.0 Å². The second kappa shape index (κ2) is 11.2. The van der Waals surface area contributed by atoms with Crippen LogP contribution >= 0.6 is 0 Å². The van der Waals surface area contributed by atoms with Crippen LogP contribution in [-0.2, 0) is 24.0 Å². The van der Waals surface area contributed by atoms with Crippen LogP contribution in [0.15, 0.2) is 0 Å². The van der Waals surface area contributed by atoms with E-state index >= 15 is 0 Å². The molecule has 0 fully saturated rings. The van der Waals surface area contributed by atoms with Gasteiger partial charge in [-0.05, 0) is 6.42 Å². The van der Waals surface area contributed by atoms with Crippen molar-refractivity contribution < 1.29 is 28.4 Å². The molecule has 0 heterocycles. The molecule has 0 aromatic heterocycles. The zero-order valence-electron chi connectivity index (χ0n) is 10.0. The summed E-state index contributed by atoms with van der Waals surface area (Å²) in [5.74, 6) is -0.320. The fourth-order valence-corrected chi connectivity index (χ4v) is 0.792. The Bertz CT molecular complexity index is 258. The molecule has 6 heteroatoms. The molecule has 0 aliphatic rings. The number of esters is 1. The van der Waals surface area contributed by atoms with Gasteiger partial charge in [0.25, 0.3) is 0 Å². The second-order valence-electron chi connectivity index (χ2n) is 3.19. The Morgan fingerprint density at radius 2 is 2.00 bits per heavy atom. The van der Waals surface area contributed by atoms with Gasteiger partial charge in [-0.15, -0.1) is 4.39 Å². The van der Waals surface area contributed by atoms with Crippen molar-refractivity contribution in [3.63, 3.8) is 0 Å². The van der Waals surface area contributed by atoms with Crippen molar-refractivity contribution in [2.45, 2.75) is 20.3 Å². The number of rotatable bonds is 9. The van der Waals surface area contributed by atoms with E-state index in [1.807, 2.05) is 6.92 Å². The first-order chi connectivity index (χ1) is 8.22. The van der Waals surface area contributed by atoms with E-state index < -0.39 is 0 Å². The predicted octanol–water partition coefficient (Wildman–Crippen LogP) is 1.43. The van der Waals surface area contributed by atoms with Gasteiger partial charge >= 0.3 is 5.97 Å². The minimum Gasteiger partial charge on any atom is -0.463 e. The van der Waals surface area contributed by atoms with E-state index in [0.29, 0.717) is 0 Å². The Morgan fingerprint density at radius 3 is 2.65 bits per heavy atom. The zero-order chi connectivity index (χ0) is 12.9. The third-order valence-electron chi connectivity index (χ3n) is 1.94. The van der Waals surface area contributed by atoms with Crippen molar-refractivity contribution in [2.75, 3.05) is 26.4 Å². The number of hydrogen-bond acceptors (Lipinski definition) is 5. The van der Waals surface area contributed by atoms with Crippen LogP contribution < -0.4 is 0 Å². The lowest BCUT2D eigenvalue weighted by Gasteiger charge is -2.09. The van der Waals surface area contributed by atoms with Gasteiger partial charge in [-0.1, -0.05) is 13.8 Å². The lowest BCUT2D eigenvalue weighted by Crippen LogP contribution is -2.17. The van der Waals surface area contributed by atoms with Crippen LogP contribution in [0.5, 0.6) is 0 Å². The summed E-state index contributed by atoms with van der Waals surface area (Å²) in [6.45, 7) is 4.57. The second-order valence-corrected chi connectivity index (χ2v) is 3.19. The van der Waals surface area contributed by atoms with E-state index in [0.717, 1.165) is 12.6 Å². The normalized spacial score (nSPS) is 11.2. The van der Waals surface area contributed by atoms with Crippen molar-refractivity contribution in [3.8, 4) is 12.3 Å². The number of hydrogen-bond donors (Lipinski definition) is 0. The average Bonchev–Trinajstić information content (AvgIpc) is 2.35. The molecule has 0 saturated heterocycles. The summed E-state index contributed by atoms with van der Waals surface area (Å²) >= 11 is 0. The van der Waals surface area contributed by atoms with Crippen LogP contribution in [0.2, 0.25) is 0 Å². The summed E-state index contributed by atoms with van der Waals surface area (Å²) in [7, 11) is 0. The number of halogens is 1. The minimum absolute atomic E-state index is 0.0917. The van der Waals surface area contributed by atoms with Gasteiger partial charge < -0.3 is 9.47 Å². The lowest BCUT2D eigenvalue weighted by molar-refractivity contribution is -0.243. The predicted molar refractivity (Wildman–Crippen MR) is 57.2 cm³/mol. The Morgan fingerprint density at radius 1 is 1.29 bits per heavy atom. The van der Waals surface area contributed by atoms with E-state index in [1.54, 1.807) is 13.0 Å². The number of ether oxygens (including phenoxy) is 2. The Labute approximate surface area is 100 Å². The van der Waals surface area contributed by atoms with Gasteiger partial charge in [0.2, 0.25) is 0 Å². The highest BCUT2D eigenvalue weighted by Crippen LogP contribution is 2.02. The summed E-state index contributed by atoms with van der Waals surface area (Å²) in [5.41, 5.74) is 0. The van der Waals surface area contributed by atoms with E-state index in [9.17, 15) is 9.18 Å².